The van der Waals surface area contributed by atoms with E-state index < -0.39 is 11.7 Å². The van der Waals surface area contributed by atoms with Gasteiger partial charge in [-0.05, 0) is 12.1 Å². The third kappa shape index (κ3) is 1.57. The van der Waals surface area contributed by atoms with Crippen molar-refractivity contribution in [1.29, 1.82) is 0 Å². The molecule has 0 amide bonds. The number of thiol groups is 1. The Morgan fingerprint density at radius 3 is 2.71 bits per heavy atom. The zero-order chi connectivity index (χ0) is 10.3. The van der Waals surface area contributed by atoms with E-state index in [2.05, 4.69) is 17.6 Å². The van der Waals surface area contributed by atoms with Crippen molar-refractivity contribution in [2.24, 2.45) is 0 Å². The smallest absolute Gasteiger partial charge is 0.306 e. The summed E-state index contributed by atoms with van der Waals surface area (Å²) in [6, 6.07) is 1.99. The van der Waals surface area contributed by atoms with Crippen LogP contribution in [0.1, 0.15) is 5.56 Å². The van der Waals surface area contributed by atoms with Gasteiger partial charge in [0.1, 0.15) is 10.7 Å². The van der Waals surface area contributed by atoms with Gasteiger partial charge >= 0.3 is 6.18 Å². The molecule has 0 aromatic carbocycles. The van der Waals surface area contributed by atoms with Crippen molar-refractivity contribution in [2.75, 3.05) is 0 Å². The van der Waals surface area contributed by atoms with Gasteiger partial charge in [0, 0.05) is 12.4 Å². The molecule has 14 heavy (non-hydrogen) atoms. The Morgan fingerprint density at radius 2 is 2.07 bits per heavy atom. The molecule has 0 unspecified atom stereocenters. The van der Waals surface area contributed by atoms with E-state index in [1.165, 1.54) is 10.6 Å². The van der Waals surface area contributed by atoms with Crippen molar-refractivity contribution in [3.8, 4) is 0 Å². The number of rotatable bonds is 0. The summed E-state index contributed by atoms with van der Waals surface area (Å²) in [6.45, 7) is 0. The summed E-state index contributed by atoms with van der Waals surface area (Å²) >= 11 is 3.94. The number of hydrogen-bond acceptors (Lipinski definition) is 2. The second kappa shape index (κ2) is 2.91. The minimum absolute atomic E-state index is 0.241. The third-order valence-electron chi connectivity index (χ3n) is 1.77. The van der Waals surface area contributed by atoms with Crippen LogP contribution in [0.25, 0.3) is 5.65 Å². The molecule has 0 radical (unpaired) electrons. The summed E-state index contributed by atoms with van der Waals surface area (Å²) in [5.74, 6) is 0. The van der Waals surface area contributed by atoms with Crippen molar-refractivity contribution >= 4 is 18.3 Å². The first-order chi connectivity index (χ1) is 6.47. The molecule has 2 heterocycles. The Morgan fingerprint density at radius 1 is 1.36 bits per heavy atom. The summed E-state index contributed by atoms with van der Waals surface area (Å²) in [7, 11) is 0. The second-order valence-electron chi connectivity index (χ2n) is 2.78. The summed E-state index contributed by atoms with van der Waals surface area (Å²) in [6.07, 6.45) is -1.48. The molecule has 6 heteroatoms. The summed E-state index contributed by atoms with van der Waals surface area (Å²) in [4.78, 5) is 3.81. The lowest BCUT2D eigenvalue weighted by Crippen LogP contribution is -2.05. The van der Waals surface area contributed by atoms with Crippen LogP contribution in [0.2, 0.25) is 0 Å². The highest BCUT2D eigenvalue weighted by Gasteiger charge is 2.30. The van der Waals surface area contributed by atoms with E-state index in [4.69, 9.17) is 0 Å². The van der Waals surface area contributed by atoms with E-state index in [0.717, 1.165) is 12.1 Å². The maximum absolute atomic E-state index is 12.3. The van der Waals surface area contributed by atoms with E-state index in [-0.39, 0.29) is 5.65 Å². The van der Waals surface area contributed by atoms with Gasteiger partial charge in [0.2, 0.25) is 0 Å². The molecule has 2 aromatic rings. The minimum Gasteiger partial charge on any atom is -0.306 e. The first-order valence-electron chi connectivity index (χ1n) is 3.72. The van der Waals surface area contributed by atoms with E-state index in [1.807, 2.05) is 0 Å². The number of halogens is 3. The second-order valence-corrected chi connectivity index (χ2v) is 3.24. The van der Waals surface area contributed by atoms with Crippen LogP contribution in [0, 0.1) is 0 Å². The molecule has 0 spiro atoms. The molecule has 0 aliphatic carbocycles. The minimum atomic E-state index is -4.33. The lowest BCUT2D eigenvalue weighted by atomic mass is 10.2. The number of nitrogens with zero attached hydrogens (tertiary/aromatic N) is 2. The maximum atomic E-state index is 12.3. The molecule has 2 nitrogen and oxygen atoms in total. The largest absolute Gasteiger partial charge is 0.416 e. The molecule has 0 N–H and O–H groups in total. The van der Waals surface area contributed by atoms with Gasteiger partial charge in [-0.2, -0.15) is 13.2 Å². The maximum Gasteiger partial charge on any atom is 0.416 e. The Kier molecular flexibility index (Phi) is 1.95. The zero-order valence-electron chi connectivity index (χ0n) is 6.78. The van der Waals surface area contributed by atoms with Gasteiger partial charge < -0.3 is 4.40 Å². The van der Waals surface area contributed by atoms with Crippen LogP contribution in [0.3, 0.4) is 0 Å². The van der Waals surface area contributed by atoms with Crippen LogP contribution in [0.4, 0.5) is 13.2 Å². The molecule has 74 valence electrons. The van der Waals surface area contributed by atoms with Crippen LogP contribution in [0.15, 0.2) is 29.6 Å². The molecule has 2 rings (SSSR count). The van der Waals surface area contributed by atoms with Gasteiger partial charge in [-0.1, -0.05) is 0 Å². The highest BCUT2D eigenvalue weighted by atomic mass is 32.1. The highest BCUT2D eigenvalue weighted by Crippen LogP contribution is 2.29. The molecular weight excluding hydrogens is 213 g/mol. The molecule has 0 aliphatic heterocycles. The predicted molar refractivity (Wildman–Crippen MR) is 47.4 cm³/mol. The SMILES string of the molecule is FC(F)(F)c1ccn2cc(S)nc2c1. The van der Waals surface area contributed by atoms with Gasteiger partial charge in [0.15, 0.2) is 0 Å². The first-order valence-corrected chi connectivity index (χ1v) is 4.16. The predicted octanol–water partition coefficient (Wildman–Crippen LogP) is 2.64. The van der Waals surface area contributed by atoms with Crippen molar-refractivity contribution in [2.45, 2.75) is 11.2 Å². The van der Waals surface area contributed by atoms with Gasteiger partial charge in [0.25, 0.3) is 0 Å². The third-order valence-corrected chi connectivity index (χ3v) is 1.99. The molecule has 0 atom stereocenters. The number of aromatic nitrogens is 2. The Bertz CT molecular complexity index is 475. The standard InChI is InChI=1S/C8H5F3N2S/c9-8(10,11)5-1-2-13-4-7(14)12-6(13)3-5/h1-4,14H. The van der Waals surface area contributed by atoms with Crippen LogP contribution in [-0.2, 0) is 6.18 Å². The van der Waals surface area contributed by atoms with Gasteiger partial charge in [-0.25, -0.2) is 4.98 Å². The average Bonchev–Trinajstić information content (AvgIpc) is 2.41. The van der Waals surface area contributed by atoms with Crippen LogP contribution < -0.4 is 0 Å². The fourth-order valence-corrected chi connectivity index (χ4v) is 1.37. The fourth-order valence-electron chi connectivity index (χ4n) is 1.14. The van der Waals surface area contributed by atoms with E-state index in [0.29, 0.717) is 5.03 Å². The summed E-state index contributed by atoms with van der Waals surface area (Å²) < 4.78 is 38.3. The number of pyridine rings is 1. The monoisotopic (exact) mass is 218 g/mol. The normalized spacial score (nSPS) is 12.3. The van der Waals surface area contributed by atoms with E-state index in [1.54, 1.807) is 6.20 Å². The molecule has 0 saturated carbocycles. The van der Waals surface area contributed by atoms with Gasteiger partial charge in [0.05, 0.1) is 5.56 Å². The molecule has 0 saturated heterocycles. The van der Waals surface area contributed by atoms with Crippen molar-refractivity contribution in [1.82, 2.24) is 9.38 Å². The Balaban J connectivity index is 2.62. The molecule has 0 fully saturated rings. The number of imidazole rings is 1. The van der Waals surface area contributed by atoms with Gasteiger partial charge in [-0.3, -0.25) is 0 Å². The number of fused-ring (bicyclic) bond motifs is 1. The fraction of sp³-hybridized carbons (Fsp3) is 0.125. The summed E-state index contributed by atoms with van der Waals surface area (Å²) in [5, 5.41) is 0.393. The Labute approximate surface area is 82.8 Å². The Hall–Kier alpha value is -1.17. The van der Waals surface area contributed by atoms with Crippen molar-refractivity contribution in [3.63, 3.8) is 0 Å². The first kappa shape index (κ1) is 9.39. The molecule has 0 aliphatic rings. The zero-order valence-corrected chi connectivity index (χ0v) is 7.68. The molecule has 2 aromatic heterocycles. The van der Waals surface area contributed by atoms with Crippen LogP contribution in [0.5, 0.6) is 0 Å². The number of alkyl halides is 3. The summed E-state index contributed by atoms with van der Waals surface area (Å²) in [5.41, 5.74) is -0.464. The average molecular weight is 218 g/mol. The molecule has 0 bridgehead atoms. The van der Waals surface area contributed by atoms with Crippen molar-refractivity contribution in [3.05, 3.63) is 30.1 Å². The van der Waals surface area contributed by atoms with Gasteiger partial charge in [-0.15, -0.1) is 12.6 Å². The van der Waals surface area contributed by atoms with E-state index >= 15 is 0 Å². The number of hydrogen-bond donors (Lipinski definition) is 1. The van der Waals surface area contributed by atoms with Crippen LogP contribution >= 0.6 is 12.6 Å². The lowest BCUT2D eigenvalue weighted by molar-refractivity contribution is -0.137. The lowest BCUT2D eigenvalue weighted by Gasteiger charge is -2.05. The quantitative estimate of drug-likeness (QED) is 0.673. The van der Waals surface area contributed by atoms with Crippen LogP contribution in [-0.4, -0.2) is 9.38 Å². The topological polar surface area (TPSA) is 17.3 Å². The van der Waals surface area contributed by atoms with Crippen molar-refractivity contribution < 1.29 is 13.2 Å². The van der Waals surface area contributed by atoms with E-state index in [9.17, 15) is 13.2 Å². The highest BCUT2D eigenvalue weighted by molar-refractivity contribution is 7.80. The molecular formula is C8H5F3N2S.